The van der Waals surface area contributed by atoms with E-state index in [1.807, 2.05) is 25.2 Å². The molecule has 1 aliphatic rings. The molecule has 0 N–H and O–H groups in total. The van der Waals surface area contributed by atoms with Crippen LogP contribution in [0.2, 0.25) is 0 Å². The molecule has 128 valence electrons. The number of carbonyl (C=O) groups is 1. The number of nitrogens with zero attached hydrogens (tertiary/aromatic N) is 2. The first-order valence-corrected chi connectivity index (χ1v) is 7.90. The maximum atomic E-state index is 12.3. The molecule has 0 unspecified atom stereocenters. The van der Waals surface area contributed by atoms with Crippen molar-refractivity contribution in [3.05, 3.63) is 35.9 Å². The molecule has 0 aliphatic carbocycles. The lowest BCUT2D eigenvalue weighted by Crippen LogP contribution is -2.42. The minimum atomic E-state index is -4.41. The largest absolute Gasteiger partial charge is 0.397 e. The number of piperidine rings is 1. The summed E-state index contributed by atoms with van der Waals surface area (Å²) in [5.74, 6) is -0.368. The number of rotatable bonds is 5. The van der Waals surface area contributed by atoms with Crippen molar-refractivity contribution in [2.45, 2.75) is 32.0 Å². The standard InChI is InChI=1S/C17H23F3N2O/c1-21(12-14-5-3-2-4-6-14)13-15-7-9-22(10-8-15)16(23)11-17(18,19)20/h2-6,15H,7-13H2,1H3. The van der Waals surface area contributed by atoms with Crippen molar-refractivity contribution >= 4 is 5.91 Å². The lowest BCUT2D eigenvalue weighted by molar-refractivity contribution is -0.162. The van der Waals surface area contributed by atoms with Crippen LogP contribution < -0.4 is 0 Å². The number of benzene rings is 1. The van der Waals surface area contributed by atoms with Crippen LogP contribution in [0.15, 0.2) is 30.3 Å². The molecule has 1 heterocycles. The van der Waals surface area contributed by atoms with E-state index in [2.05, 4.69) is 17.0 Å². The van der Waals surface area contributed by atoms with Gasteiger partial charge in [0.1, 0.15) is 6.42 Å². The van der Waals surface area contributed by atoms with Gasteiger partial charge in [0.25, 0.3) is 0 Å². The second-order valence-corrected chi connectivity index (χ2v) is 6.30. The van der Waals surface area contributed by atoms with Crippen molar-refractivity contribution in [1.29, 1.82) is 0 Å². The molecule has 0 spiro atoms. The zero-order chi connectivity index (χ0) is 16.9. The fourth-order valence-corrected chi connectivity index (χ4v) is 3.05. The number of hydrogen-bond acceptors (Lipinski definition) is 2. The molecule has 1 aromatic rings. The van der Waals surface area contributed by atoms with Gasteiger partial charge in [0.05, 0.1) is 0 Å². The summed E-state index contributed by atoms with van der Waals surface area (Å²) in [6.45, 7) is 2.61. The van der Waals surface area contributed by atoms with Crippen LogP contribution >= 0.6 is 0 Å². The maximum absolute atomic E-state index is 12.3. The molecular weight excluding hydrogens is 305 g/mol. The van der Waals surface area contributed by atoms with Gasteiger partial charge < -0.3 is 9.80 Å². The van der Waals surface area contributed by atoms with Crippen LogP contribution in [0.1, 0.15) is 24.8 Å². The van der Waals surface area contributed by atoms with Gasteiger partial charge in [0.2, 0.25) is 5.91 Å². The van der Waals surface area contributed by atoms with Gasteiger partial charge in [-0.3, -0.25) is 4.79 Å². The second kappa shape index (κ2) is 7.81. The molecule has 1 fully saturated rings. The van der Waals surface area contributed by atoms with Crippen LogP contribution in [-0.4, -0.2) is 48.6 Å². The number of likely N-dealkylation sites (tertiary alicyclic amines) is 1. The number of carbonyl (C=O) groups excluding carboxylic acids is 1. The number of halogens is 3. The Morgan fingerprint density at radius 2 is 1.83 bits per heavy atom. The van der Waals surface area contributed by atoms with Gasteiger partial charge in [-0.15, -0.1) is 0 Å². The highest BCUT2D eigenvalue weighted by atomic mass is 19.4. The second-order valence-electron chi connectivity index (χ2n) is 6.30. The van der Waals surface area contributed by atoms with Crippen LogP contribution in [0, 0.1) is 5.92 Å². The summed E-state index contributed by atoms with van der Waals surface area (Å²) in [4.78, 5) is 15.2. The molecule has 1 aliphatic heterocycles. The van der Waals surface area contributed by atoms with Crippen LogP contribution in [0.3, 0.4) is 0 Å². The zero-order valence-electron chi connectivity index (χ0n) is 13.4. The van der Waals surface area contributed by atoms with E-state index >= 15 is 0 Å². The Balaban J connectivity index is 1.73. The maximum Gasteiger partial charge on any atom is 0.397 e. The third-order valence-corrected chi connectivity index (χ3v) is 4.18. The molecule has 0 aromatic heterocycles. The van der Waals surface area contributed by atoms with E-state index in [-0.39, 0.29) is 0 Å². The van der Waals surface area contributed by atoms with E-state index in [9.17, 15) is 18.0 Å². The summed E-state index contributed by atoms with van der Waals surface area (Å²) in [5.41, 5.74) is 1.24. The molecule has 3 nitrogen and oxygen atoms in total. The van der Waals surface area contributed by atoms with E-state index in [1.165, 1.54) is 10.5 Å². The van der Waals surface area contributed by atoms with Crippen LogP contribution in [0.5, 0.6) is 0 Å². The monoisotopic (exact) mass is 328 g/mol. The van der Waals surface area contributed by atoms with E-state index in [4.69, 9.17) is 0 Å². The molecule has 6 heteroatoms. The molecule has 1 amide bonds. The summed E-state index contributed by atoms with van der Waals surface area (Å²) in [5, 5.41) is 0. The summed E-state index contributed by atoms with van der Waals surface area (Å²) in [6.07, 6.45) is -4.22. The average molecular weight is 328 g/mol. The van der Waals surface area contributed by atoms with Crippen molar-refractivity contribution < 1.29 is 18.0 Å². The normalized spacial score (nSPS) is 16.8. The van der Waals surface area contributed by atoms with Gasteiger partial charge in [-0.25, -0.2) is 0 Å². The SMILES string of the molecule is CN(Cc1ccccc1)CC1CCN(C(=O)CC(F)(F)F)CC1. The molecule has 0 bridgehead atoms. The highest BCUT2D eigenvalue weighted by Gasteiger charge is 2.34. The molecule has 0 saturated carbocycles. The summed E-state index contributed by atoms with van der Waals surface area (Å²) < 4.78 is 36.8. The molecular formula is C17H23F3N2O. The van der Waals surface area contributed by atoms with E-state index < -0.39 is 18.5 Å². The quantitative estimate of drug-likeness (QED) is 0.828. The summed E-state index contributed by atoms with van der Waals surface area (Å²) in [7, 11) is 2.05. The smallest absolute Gasteiger partial charge is 0.342 e. The van der Waals surface area contributed by atoms with Crippen LogP contribution in [0.25, 0.3) is 0 Å². The molecule has 1 saturated heterocycles. The Morgan fingerprint density at radius 1 is 1.22 bits per heavy atom. The van der Waals surface area contributed by atoms with E-state index in [0.29, 0.717) is 19.0 Å². The van der Waals surface area contributed by atoms with Crippen molar-refractivity contribution in [2.75, 3.05) is 26.7 Å². The Bertz CT molecular complexity index is 496. The average Bonchev–Trinajstić information content (AvgIpc) is 2.47. The topological polar surface area (TPSA) is 23.6 Å². The lowest BCUT2D eigenvalue weighted by atomic mass is 9.96. The third kappa shape index (κ3) is 6.22. The lowest BCUT2D eigenvalue weighted by Gasteiger charge is -2.34. The number of hydrogen-bond donors (Lipinski definition) is 0. The Hall–Kier alpha value is -1.56. The fourth-order valence-electron chi connectivity index (χ4n) is 3.05. The number of amides is 1. The van der Waals surface area contributed by atoms with E-state index in [0.717, 1.165) is 25.9 Å². The third-order valence-electron chi connectivity index (χ3n) is 4.18. The zero-order valence-corrected chi connectivity index (χ0v) is 13.4. The van der Waals surface area contributed by atoms with Crippen LogP contribution in [-0.2, 0) is 11.3 Å². The van der Waals surface area contributed by atoms with Crippen molar-refractivity contribution in [2.24, 2.45) is 5.92 Å². The van der Waals surface area contributed by atoms with Crippen molar-refractivity contribution in [1.82, 2.24) is 9.80 Å². The van der Waals surface area contributed by atoms with E-state index in [1.54, 1.807) is 0 Å². The summed E-state index contributed by atoms with van der Waals surface area (Å²) >= 11 is 0. The predicted molar refractivity (Wildman–Crippen MR) is 82.8 cm³/mol. The van der Waals surface area contributed by atoms with Gasteiger partial charge in [0.15, 0.2) is 0 Å². The Labute approximate surface area is 135 Å². The molecule has 2 rings (SSSR count). The van der Waals surface area contributed by atoms with Gasteiger partial charge in [0, 0.05) is 26.2 Å². The minimum Gasteiger partial charge on any atom is -0.342 e. The van der Waals surface area contributed by atoms with Crippen LogP contribution in [0.4, 0.5) is 13.2 Å². The summed E-state index contributed by atoms with van der Waals surface area (Å²) in [6, 6.07) is 10.2. The first-order chi connectivity index (χ1) is 10.8. The Morgan fingerprint density at radius 3 is 2.39 bits per heavy atom. The fraction of sp³-hybridized carbons (Fsp3) is 0.588. The number of alkyl halides is 3. The van der Waals surface area contributed by atoms with Gasteiger partial charge in [-0.05, 0) is 31.4 Å². The predicted octanol–water partition coefficient (Wildman–Crippen LogP) is 3.31. The molecule has 1 aromatic carbocycles. The molecule has 0 radical (unpaired) electrons. The highest BCUT2D eigenvalue weighted by Crippen LogP contribution is 2.24. The highest BCUT2D eigenvalue weighted by molar-refractivity contribution is 5.76. The molecule has 0 atom stereocenters. The Kier molecular flexibility index (Phi) is 6.04. The van der Waals surface area contributed by atoms with Gasteiger partial charge >= 0.3 is 6.18 Å². The first-order valence-electron chi connectivity index (χ1n) is 7.90. The van der Waals surface area contributed by atoms with Gasteiger partial charge in [-0.1, -0.05) is 30.3 Å². The van der Waals surface area contributed by atoms with Crippen molar-refractivity contribution in [3.8, 4) is 0 Å². The molecule has 23 heavy (non-hydrogen) atoms. The van der Waals surface area contributed by atoms with Crippen molar-refractivity contribution in [3.63, 3.8) is 0 Å². The first kappa shape index (κ1) is 17.8. The van der Waals surface area contributed by atoms with Gasteiger partial charge in [-0.2, -0.15) is 13.2 Å². The minimum absolute atomic E-state index is 0.429.